The van der Waals surface area contributed by atoms with Gasteiger partial charge in [0.2, 0.25) is 0 Å². The molecule has 0 aliphatic rings. The highest BCUT2D eigenvalue weighted by Gasteiger charge is 2.09. The fraction of sp³-hybridized carbons (Fsp3) is 0.333. The lowest BCUT2D eigenvalue weighted by atomic mass is 10.1. The summed E-state index contributed by atoms with van der Waals surface area (Å²) in [6, 6.07) is 1.90. The monoisotopic (exact) mass is 162 g/mol. The van der Waals surface area contributed by atoms with Crippen LogP contribution in [0.3, 0.4) is 0 Å². The predicted octanol–water partition coefficient (Wildman–Crippen LogP) is 2.35. The number of pyridine rings is 1. The standard InChI is InChI=1S/C9H10N2O/c1-6(2)8-9-7(3-4-10-8)5-11-12-9/h3-6H,1-2H3. The lowest BCUT2D eigenvalue weighted by Gasteiger charge is -2.01. The van der Waals surface area contributed by atoms with Crippen molar-refractivity contribution in [3.05, 3.63) is 24.2 Å². The third-order valence-corrected chi connectivity index (χ3v) is 1.85. The highest BCUT2D eigenvalue weighted by molar-refractivity contribution is 5.77. The Morgan fingerprint density at radius 3 is 3.00 bits per heavy atom. The second-order valence-corrected chi connectivity index (χ2v) is 3.10. The van der Waals surface area contributed by atoms with E-state index in [2.05, 4.69) is 24.0 Å². The summed E-state index contributed by atoms with van der Waals surface area (Å²) in [6.07, 6.45) is 3.50. The van der Waals surface area contributed by atoms with E-state index in [9.17, 15) is 0 Å². The fourth-order valence-corrected chi connectivity index (χ4v) is 1.23. The van der Waals surface area contributed by atoms with Crippen LogP contribution in [0.1, 0.15) is 25.5 Å². The third-order valence-electron chi connectivity index (χ3n) is 1.85. The molecule has 2 rings (SSSR count). The van der Waals surface area contributed by atoms with Crippen molar-refractivity contribution in [3.8, 4) is 0 Å². The highest BCUT2D eigenvalue weighted by Crippen LogP contribution is 2.21. The van der Waals surface area contributed by atoms with Crippen molar-refractivity contribution in [2.75, 3.05) is 0 Å². The summed E-state index contributed by atoms with van der Waals surface area (Å²) in [4.78, 5) is 4.24. The Morgan fingerprint density at radius 1 is 1.42 bits per heavy atom. The Hall–Kier alpha value is -1.38. The molecule has 3 heteroatoms. The molecule has 0 saturated heterocycles. The first-order chi connectivity index (χ1) is 5.79. The maximum absolute atomic E-state index is 5.10. The lowest BCUT2D eigenvalue weighted by Crippen LogP contribution is -1.91. The second-order valence-electron chi connectivity index (χ2n) is 3.10. The summed E-state index contributed by atoms with van der Waals surface area (Å²) >= 11 is 0. The first-order valence-electron chi connectivity index (χ1n) is 3.98. The Kier molecular flexibility index (Phi) is 1.57. The maximum atomic E-state index is 5.10. The fourth-order valence-electron chi connectivity index (χ4n) is 1.23. The topological polar surface area (TPSA) is 38.9 Å². The van der Waals surface area contributed by atoms with Crippen LogP contribution in [0, 0.1) is 0 Å². The van der Waals surface area contributed by atoms with Crippen LogP contribution in [-0.2, 0) is 0 Å². The van der Waals surface area contributed by atoms with Crippen molar-refractivity contribution in [1.29, 1.82) is 0 Å². The molecule has 2 aromatic rings. The van der Waals surface area contributed by atoms with Crippen LogP contribution >= 0.6 is 0 Å². The van der Waals surface area contributed by atoms with E-state index in [1.54, 1.807) is 12.4 Å². The zero-order valence-corrected chi connectivity index (χ0v) is 7.11. The minimum Gasteiger partial charge on any atom is -0.354 e. The summed E-state index contributed by atoms with van der Waals surface area (Å²) in [7, 11) is 0. The molecule has 0 radical (unpaired) electrons. The summed E-state index contributed by atoms with van der Waals surface area (Å²) < 4.78 is 5.10. The van der Waals surface area contributed by atoms with Gasteiger partial charge in [0.15, 0.2) is 5.58 Å². The summed E-state index contributed by atoms with van der Waals surface area (Å²) in [5.41, 5.74) is 1.79. The van der Waals surface area contributed by atoms with Gasteiger partial charge < -0.3 is 4.52 Å². The van der Waals surface area contributed by atoms with E-state index in [1.807, 2.05) is 6.07 Å². The Labute approximate surface area is 70.4 Å². The minimum atomic E-state index is 0.377. The molecule has 2 aromatic heterocycles. The zero-order valence-electron chi connectivity index (χ0n) is 7.11. The van der Waals surface area contributed by atoms with Crippen LogP contribution in [0.15, 0.2) is 23.0 Å². The molecular weight excluding hydrogens is 152 g/mol. The Balaban J connectivity index is 2.73. The van der Waals surface area contributed by atoms with Gasteiger partial charge in [0.25, 0.3) is 0 Å². The van der Waals surface area contributed by atoms with Crippen LogP contribution in [0.2, 0.25) is 0 Å². The third kappa shape index (κ3) is 0.978. The van der Waals surface area contributed by atoms with Gasteiger partial charge in [0.05, 0.1) is 11.9 Å². The molecule has 0 saturated carbocycles. The lowest BCUT2D eigenvalue weighted by molar-refractivity contribution is 0.451. The number of hydrogen-bond acceptors (Lipinski definition) is 3. The van der Waals surface area contributed by atoms with Gasteiger partial charge in [-0.05, 0) is 12.0 Å². The van der Waals surface area contributed by atoms with Crippen LogP contribution in [0.5, 0.6) is 0 Å². The molecule has 0 spiro atoms. The predicted molar refractivity (Wildman–Crippen MR) is 45.9 cm³/mol. The number of hydrogen-bond donors (Lipinski definition) is 0. The van der Waals surface area contributed by atoms with Crippen molar-refractivity contribution in [3.63, 3.8) is 0 Å². The average Bonchev–Trinajstić information content (AvgIpc) is 2.49. The van der Waals surface area contributed by atoms with Gasteiger partial charge in [0.1, 0.15) is 0 Å². The number of rotatable bonds is 1. The molecular formula is C9H10N2O. The molecule has 0 unspecified atom stereocenters. The van der Waals surface area contributed by atoms with E-state index >= 15 is 0 Å². The average molecular weight is 162 g/mol. The molecule has 0 amide bonds. The zero-order chi connectivity index (χ0) is 8.55. The molecule has 0 bridgehead atoms. The smallest absolute Gasteiger partial charge is 0.188 e. The largest absolute Gasteiger partial charge is 0.354 e. The van der Waals surface area contributed by atoms with Crippen molar-refractivity contribution < 1.29 is 4.52 Å². The van der Waals surface area contributed by atoms with Crippen LogP contribution in [0.25, 0.3) is 11.0 Å². The van der Waals surface area contributed by atoms with E-state index in [4.69, 9.17) is 4.52 Å². The van der Waals surface area contributed by atoms with Gasteiger partial charge in [-0.25, -0.2) is 0 Å². The molecule has 0 atom stereocenters. The molecule has 0 aliphatic carbocycles. The van der Waals surface area contributed by atoms with E-state index in [0.29, 0.717) is 5.92 Å². The SMILES string of the molecule is CC(C)c1nccc2cnoc12. The molecule has 62 valence electrons. The minimum absolute atomic E-state index is 0.377. The molecule has 12 heavy (non-hydrogen) atoms. The van der Waals surface area contributed by atoms with Crippen LogP contribution in [0.4, 0.5) is 0 Å². The van der Waals surface area contributed by atoms with Crippen molar-refractivity contribution in [1.82, 2.24) is 10.1 Å². The number of aromatic nitrogens is 2. The Bertz CT molecular complexity index is 392. The van der Waals surface area contributed by atoms with Gasteiger partial charge in [-0.15, -0.1) is 0 Å². The van der Waals surface area contributed by atoms with Gasteiger partial charge in [-0.1, -0.05) is 19.0 Å². The van der Waals surface area contributed by atoms with Crippen molar-refractivity contribution >= 4 is 11.0 Å². The van der Waals surface area contributed by atoms with E-state index < -0.39 is 0 Å². The normalized spacial score (nSPS) is 11.2. The second kappa shape index (κ2) is 2.59. The van der Waals surface area contributed by atoms with Gasteiger partial charge >= 0.3 is 0 Å². The molecule has 0 aromatic carbocycles. The molecule has 0 fully saturated rings. The number of nitrogens with zero attached hydrogens (tertiary/aromatic N) is 2. The van der Waals surface area contributed by atoms with Gasteiger partial charge in [-0.3, -0.25) is 4.98 Å². The van der Waals surface area contributed by atoms with Gasteiger partial charge in [0, 0.05) is 11.6 Å². The van der Waals surface area contributed by atoms with Crippen molar-refractivity contribution in [2.45, 2.75) is 19.8 Å². The first kappa shape index (κ1) is 7.28. The highest BCUT2D eigenvalue weighted by atomic mass is 16.5. The van der Waals surface area contributed by atoms with Crippen LogP contribution in [-0.4, -0.2) is 10.1 Å². The summed E-state index contributed by atoms with van der Waals surface area (Å²) in [6.45, 7) is 4.18. The quantitative estimate of drug-likeness (QED) is 0.646. The molecule has 3 nitrogen and oxygen atoms in total. The summed E-state index contributed by atoms with van der Waals surface area (Å²) in [5, 5.41) is 4.75. The number of fused-ring (bicyclic) bond motifs is 1. The van der Waals surface area contributed by atoms with E-state index in [1.165, 1.54) is 0 Å². The summed E-state index contributed by atoms with van der Waals surface area (Å²) in [5.74, 6) is 0.377. The van der Waals surface area contributed by atoms with Crippen molar-refractivity contribution in [2.24, 2.45) is 0 Å². The molecule has 0 aliphatic heterocycles. The molecule has 2 heterocycles. The van der Waals surface area contributed by atoms with E-state index in [0.717, 1.165) is 16.7 Å². The first-order valence-corrected chi connectivity index (χ1v) is 3.98. The van der Waals surface area contributed by atoms with E-state index in [-0.39, 0.29) is 0 Å². The van der Waals surface area contributed by atoms with Crippen LogP contribution < -0.4 is 0 Å². The van der Waals surface area contributed by atoms with Gasteiger partial charge in [-0.2, -0.15) is 0 Å². The Morgan fingerprint density at radius 2 is 2.25 bits per heavy atom. The molecule has 0 N–H and O–H groups in total. The maximum Gasteiger partial charge on any atom is 0.188 e.